The molecule has 1 aromatic rings. The third-order valence-corrected chi connectivity index (χ3v) is 3.30. The van der Waals surface area contributed by atoms with Crippen LogP contribution in [0.2, 0.25) is 0 Å². The molecule has 0 aliphatic heterocycles. The number of aliphatic hydroxyl groups excluding tert-OH is 1. The molecule has 1 unspecified atom stereocenters. The average molecular weight is 249 g/mol. The number of carbonyl (C=O) groups is 1. The Balaban J connectivity index is 2.05. The van der Waals surface area contributed by atoms with Gasteiger partial charge in [0.25, 0.3) is 5.91 Å². The molecule has 2 N–H and O–H groups in total. The third-order valence-electron chi connectivity index (χ3n) is 3.30. The van der Waals surface area contributed by atoms with Crippen LogP contribution in [0.1, 0.15) is 29.6 Å². The Morgan fingerprint density at radius 2 is 2.22 bits per heavy atom. The van der Waals surface area contributed by atoms with Gasteiger partial charge in [-0.1, -0.05) is 12.1 Å². The molecule has 0 spiro atoms. The van der Waals surface area contributed by atoms with Crippen molar-refractivity contribution < 1.29 is 14.6 Å². The number of hydrogen-bond donors (Lipinski definition) is 2. The summed E-state index contributed by atoms with van der Waals surface area (Å²) >= 11 is 0. The van der Waals surface area contributed by atoms with Gasteiger partial charge in [0, 0.05) is 12.6 Å². The topological polar surface area (TPSA) is 58.6 Å². The van der Waals surface area contributed by atoms with Gasteiger partial charge in [-0.3, -0.25) is 4.79 Å². The van der Waals surface area contributed by atoms with Gasteiger partial charge in [0.1, 0.15) is 5.75 Å². The second-order valence-corrected chi connectivity index (χ2v) is 4.63. The van der Waals surface area contributed by atoms with E-state index < -0.39 is 0 Å². The van der Waals surface area contributed by atoms with Crippen LogP contribution >= 0.6 is 0 Å². The van der Waals surface area contributed by atoms with Gasteiger partial charge in [-0.15, -0.1) is 0 Å². The lowest BCUT2D eigenvalue weighted by molar-refractivity contribution is 0.0921. The summed E-state index contributed by atoms with van der Waals surface area (Å²) < 4.78 is 5.17. The van der Waals surface area contributed by atoms with Crippen molar-refractivity contribution in [2.45, 2.75) is 25.3 Å². The second-order valence-electron chi connectivity index (χ2n) is 4.63. The van der Waals surface area contributed by atoms with E-state index in [1.54, 1.807) is 19.2 Å². The molecule has 4 heteroatoms. The summed E-state index contributed by atoms with van der Waals surface area (Å²) in [5.74, 6) is 0.974. The molecule has 1 aromatic carbocycles. The molecule has 1 aliphatic rings. The van der Waals surface area contributed by atoms with Gasteiger partial charge in [-0.25, -0.2) is 0 Å². The zero-order valence-electron chi connectivity index (χ0n) is 10.6. The van der Waals surface area contributed by atoms with Crippen LogP contribution in [0.4, 0.5) is 0 Å². The fraction of sp³-hybridized carbons (Fsp3) is 0.500. The standard InChI is InChI=1S/C14H19NO3/c1-18-13-5-3-2-4-11(13)14(17)15-12(8-9-16)10-6-7-10/h2-5,10,12,16H,6-9H2,1H3,(H,15,17). The Morgan fingerprint density at radius 3 is 2.83 bits per heavy atom. The summed E-state index contributed by atoms with van der Waals surface area (Å²) in [5, 5.41) is 12.0. The number of para-hydroxylation sites is 1. The maximum atomic E-state index is 12.2. The van der Waals surface area contributed by atoms with Crippen molar-refractivity contribution in [3.05, 3.63) is 29.8 Å². The molecule has 18 heavy (non-hydrogen) atoms. The van der Waals surface area contributed by atoms with E-state index in [9.17, 15) is 4.79 Å². The van der Waals surface area contributed by atoms with Crippen molar-refractivity contribution in [1.29, 1.82) is 0 Å². The molecule has 1 aliphatic carbocycles. The lowest BCUT2D eigenvalue weighted by Gasteiger charge is -2.18. The van der Waals surface area contributed by atoms with E-state index in [1.807, 2.05) is 12.1 Å². The van der Waals surface area contributed by atoms with E-state index in [2.05, 4.69) is 5.32 Å². The van der Waals surface area contributed by atoms with Crippen LogP contribution in [0.25, 0.3) is 0 Å². The van der Waals surface area contributed by atoms with Gasteiger partial charge < -0.3 is 15.2 Å². The van der Waals surface area contributed by atoms with Crippen molar-refractivity contribution in [2.75, 3.05) is 13.7 Å². The number of amides is 1. The van der Waals surface area contributed by atoms with Crippen LogP contribution in [0.15, 0.2) is 24.3 Å². The number of nitrogens with one attached hydrogen (secondary N) is 1. The van der Waals surface area contributed by atoms with E-state index in [0.717, 1.165) is 12.8 Å². The number of hydrogen-bond acceptors (Lipinski definition) is 3. The number of rotatable bonds is 6. The van der Waals surface area contributed by atoms with Crippen LogP contribution in [0.5, 0.6) is 5.75 Å². The smallest absolute Gasteiger partial charge is 0.255 e. The fourth-order valence-electron chi connectivity index (χ4n) is 2.14. The molecule has 0 bridgehead atoms. The van der Waals surface area contributed by atoms with Gasteiger partial charge in [-0.05, 0) is 37.3 Å². The summed E-state index contributed by atoms with van der Waals surface area (Å²) in [7, 11) is 1.55. The summed E-state index contributed by atoms with van der Waals surface area (Å²) in [6, 6.07) is 7.24. The molecular formula is C14H19NO3. The van der Waals surface area contributed by atoms with Crippen LogP contribution in [0, 0.1) is 5.92 Å². The van der Waals surface area contributed by atoms with Gasteiger partial charge >= 0.3 is 0 Å². The van der Waals surface area contributed by atoms with Crippen LogP contribution in [-0.2, 0) is 0 Å². The van der Waals surface area contributed by atoms with Crippen molar-refractivity contribution in [3.8, 4) is 5.75 Å². The zero-order valence-corrected chi connectivity index (χ0v) is 10.6. The van der Waals surface area contributed by atoms with Gasteiger partial charge in [0.05, 0.1) is 12.7 Å². The lowest BCUT2D eigenvalue weighted by atomic mass is 10.1. The van der Waals surface area contributed by atoms with E-state index >= 15 is 0 Å². The number of aliphatic hydroxyl groups is 1. The summed E-state index contributed by atoms with van der Waals surface area (Å²) in [6.45, 7) is 0.105. The first kappa shape index (κ1) is 12.9. The first-order valence-electron chi connectivity index (χ1n) is 6.31. The highest BCUT2D eigenvalue weighted by atomic mass is 16.5. The number of carbonyl (C=O) groups excluding carboxylic acids is 1. The molecule has 0 saturated heterocycles. The highest BCUT2D eigenvalue weighted by molar-refractivity contribution is 5.97. The van der Waals surface area contributed by atoms with E-state index in [1.165, 1.54) is 0 Å². The van der Waals surface area contributed by atoms with Crippen LogP contribution in [-0.4, -0.2) is 30.8 Å². The molecule has 0 radical (unpaired) electrons. The molecule has 1 fully saturated rings. The van der Waals surface area contributed by atoms with E-state index in [4.69, 9.17) is 9.84 Å². The molecule has 2 rings (SSSR count). The maximum Gasteiger partial charge on any atom is 0.255 e. The average Bonchev–Trinajstić information content (AvgIpc) is 3.22. The Hall–Kier alpha value is -1.55. The predicted octanol–water partition coefficient (Wildman–Crippen LogP) is 1.59. The van der Waals surface area contributed by atoms with Crippen molar-refractivity contribution in [1.82, 2.24) is 5.32 Å². The quantitative estimate of drug-likeness (QED) is 0.805. The van der Waals surface area contributed by atoms with Crippen LogP contribution < -0.4 is 10.1 Å². The number of methoxy groups -OCH3 is 1. The molecule has 4 nitrogen and oxygen atoms in total. The molecule has 0 aromatic heterocycles. The Labute approximate surface area is 107 Å². The summed E-state index contributed by atoms with van der Waals surface area (Å²) in [5.41, 5.74) is 0.545. The molecular weight excluding hydrogens is 230 g/mol. The minimum atomic E-state index is -0.127. The minimum Gasteiger partial charge on any atom is -0.496 e. The molecule has 98 valence electrons. The first-order chi connectivity index (χ1) is 8.76. The third kappa shape index (κ3) is 3.01. The van der Waals surface area contributed by atoms with E-state index in [0.29, 0.717) is 23.7 Å². The predicted molar refractivity (Wildman–Crippen MR) is 68.7 cm³/mol. The summed E-state index contributed by atoms with van der Waals surface area (Å²) in [6.07, 6.45) is 2.89. The highest BCUT2D eigenvalue weighted by Gasteiger charge is 2.32. The van der Waals surface area contributed by atoms with Gasteiger partial charge in [0.2, 0.25) is 0 Å². The Kier molecular flexibility index (Phi) is 4.20. The Morgan fingerprint density at radius 1 is 1.50 bits per heavy atom. The minimum absolute atomic E-state index is 0.0763. The molecule has 1 saturated carbocycles. The SMILES string of the molecule is COc1ccccc1C(=O)NC(CCO)C1CC1. The van der Waals surface area contributed by atoms with Crippen molar-refractivity contribution in [2.24, 2.45) is 5.92 Å². The second kappa shape index (κ2) is 5.87. The highest BCUT2D eigenvalue weighted by Crippen LogP contribution is 2.34. The largest absolute Gasteiger partial charge is 0.496 e. The molecule has 1 atom stereocenters. The van der Waals surface area contributed by atoms with Gasteiger partial charge in [0.15, 0.2) is 0 Å². The number of benzene rings is 1. The summed E-state index contributed by atoms with van der Waals surface area (Å²) in [4.78, 5) is 12.2. The molecule has 0 heterocycles. The lowest BCUT2D eigenvalue weighted by Crippen LogP contribution is -2.37. The zero-order chi connectivity index (χ0) is 13.0. The van der Waals surface area contributed by atoms with Crippen molar-refractivity contribution >= 4 is 5.91 Å². The van der Waals surface area contributed by atoms with Crippen LogP contribution in [0.3, 0.4) is 0 Å². The van der Waals surface area contributed by atoms with Crippen molar-refractivity contribution in [3.63, 3.8) is 0 Å². The normalized spacial score (nSPS) is 16.1. The first-order valence-corrected chi connectivity index (χ1v) is 6.31. The monoisotopic (exact) mass is 249 g/mol. The number of ether oxygens (including phenoxy) is 1. The molecule has 1 amide bonds. The Bertz CT molecular complexity index is 415. The maximum absolute atomic E-state index is 12.2. The van der Waals surface area contributed by atoms with Gasteiger partial charge in [-0.2, -0.15) is 0 Å². The van der Waals surface area contributed by atoms with E-state index in [-0.39, 0.29) is 18.6 Å². The fourth-order valence-corrected chi connectivity index (χ4v) is 2.14.